The summed E-state index contributed by atoms with van der Waals surface area (Å²) < 4.78 is 3.13. The summed E-state index contributed by atoms with van der Waals surface area (Å²) in [6.45, 7) is 0. The Labute approximate surface area is 430 Å². The average molecular weight is 1090 g/mol. The SMILES string of the molecule is Brc1ccc(/C(=N\c2ccccc2)c2ccc(C3CC(c4ccc(/C(=N\c5ccccc5)c5ccc(Br)cc5)cc4)CC(c4ccc(/C(=N\c5ccccc5)c5ccc(Br)cc5)cc4)C3)cc2)cc1. The van der Waals surface area contributed by atoms with Crippen LogP contribution in [0.3, 0.4) is 0 Å². The first-order valence-corrected chi connectivity index (χ1v) is 25.8. The molecule has 0 heterocycles. The van der Waals surface area contributed by atoms with E-state index >= 15 is 0 Å². The van der Waals surface area contributed by atoms with Crippen molar-refractivity contribution in [3.05, 3.63) is 300 Å². The highest BCUT2D eigenvalue weighted by Gasteiger charge is 2.32. The number of aliphatic imine (C=N–C) groups is 3. The third-order valence-electron chi connectivity index (χ3n) is 13.0. The summed E-state index contributed by atoms with van der Waals surface area (Å²) in [5.41, 5.74) is 16.2. The van der Waals surface area contributed by atoms with Gasteiger partial charge in [0.05, 0.1) is 34.2 Å². The van der Waals surface area contributed by atoms with Gasteiger partial charge >= 0.3 is 0 Å². The van der Waals surface area contributed by atoms with E-state index in [-0.39, 0.29) is 0 Å². The lowest BCUT2D eigenvalue weighted by Gasteiger charge is -2.36. The molecule has 3 nitrogen and oxygen atoms in total. The average Bonchev–Trinajstić information content (AvgIpc) is 3.41. The van der Waals surface area contributed by atoms with Crippen molar-refractivity contribution in [2.24, 2.45) is 15.0 Å². The highest BCUT2D eigenvalue weighted by atomic mass is 79.9. The highest BCUT2D eigenvalue weighted by molar-refractivity contribution is 9.11. The molecule has 0 saturated heterocycles. The fourth-order valence-electron chi connectivity index (χ4n) is 9.48. The molecule has 1 aliphatic rings. The molecule has 0 N–H and O–H groups in total. The number of hydrogen-bond donors (Lipinski definition) is 0. The molecule has 0 amide bonds. The third kappa shape index (κ3) is 11.5. The van der Waals surface area contributed by atoms with Crippen LogP contribution in [0.2, 0.25) is 0 Å². The molecule has 1 saturated carbocycles. The Morgan fingerprint density at radius 2 is 0.464 bits per heavy atom. The van der Waals surface area contributed by atoms with Gasteiger partial charge in [-0.1, -0.05) is 212 Å². The van der Waals surface area contributed by atoms with Gasteiger partial charge in [0, 0.05) is 46.8 Å². The smallest absolute Gasteiger partial charge is 0.0781 e. The first-order valence-electron chi connectivity index (χ1n) is 23.4. The molecule has 2 unspecified atom stereocenters. The van der Waals surface area contributed by atoms with Crippen molar-refractivity contribution in [3.8, 4) is 0 Å². The monoisotopic (exact) mass is 1080 g/mol. The second kappa shape index (κ2) is 21.8. The predicted molar refractivity (Wildman–Crippen MR) is 299 cm³/mol. The van der Waals surface area contributed by atoms with E-state index in [2.05, 4.69) is 230 Å². The summed E-state index contributed by atoms with van der Waals surface area (Å²) in [5.74, 6) is 1.04. The van der Waals surface area contributed by atoms with E-state index in [1.54, 1.807) is 0 Å². The molecule has 0 aromatic heterocycles. The lowest BCUT2D eigenvalue weighted by molar-refractivity contribution is 0.351. The van der Waals surface area contributed by atoms with Crippen molar-refractivity contribution in [1.29, 1.82) is 0 Å². The largest absolute Gasteiger partial charge is 0.248 e. The van der Waals surface area contributed by atoms with E-state index in [1.807, 2.05) is 54.6 Å². The summed E-state index contributed by atoms with van der Waals surface area (Å²) in [5, 5.41) is 0. The Morgan fingerprint density at radius 3 is 0.681 bits per heavy atom. The number of rotatable bonds is 12. The van der Waals surface area contributed by atoms with E-state index in [0.717, 1.165) is 100 Å². The first-order chi connectivity index (χ1) is 33.9. The van der Waals surface area contributed by atoms with Crippen LogP contribution in [0, 0.1) is 0 Å². The van der Waals surface area contributed by atoms with Gasteiger partial charge in [-0.05, 0) is 127 Å². The van der Waals surface area contributed by atoms with E-state index in [9.17, 15) is 0 Å². The van der Waals surface area contributed by atoms with Gasteiger partial charge in [0.25, 0.3) is 0 Å². The molecule has 9 aromatic carbocycles. The molecular weight excluding hydrogens is 1040 g/mol. The molecule has 0 bridgehead atoms. The third-order valence-corrected chi connectivity index (χ3v) is 14.6. The summed E-state index contributed by atoms with van der Waals surface area (Å²) in [6.07, 6.45) is 3.17. The van der Waals surface area contributed by atoms with Crippen LogP contribution < -0.4 is 0 Å². The van der Waals surface area contributed by atoms with Crippen molar-refractivity contribution in [1.82, 2.24) is 0 Å². The van der Waals surface area contributed by atoms with Gasteiger partial charge in [0.1, 0.15) is 0 Å². The topological polar surface area (TPSA) is 37.1 Å². The van der Waals surface area contributed by atoms with Crippen LogP contribution >= 0.6 is 47.8 Å². The molecule has 69 heavy (non-hydrogen) atoms. The minimum absolute atomic E-state index is 0.347. The standard InChI is InChI=1S/C63H48Br3N3/c64-55-34-28-49(29-35-55)61(67-58-10-4-1-5-11-58)46-22-16-43(17-23-46)52-40-53(44-18-24-47(25-19-44)62(50-30-36-56(65)37-31-50)68-59-12-6-2-7-13-59)42-54(41-52)45-20-26-48(27-21-45)63(51-32-38-57(66)39-33-51)69-60-14-8-3-9-15-60/h1-39,52-54H,40-42H2/b67-61-,68-62+,69-63+. The minimum Gasteiger partial charge on any atom is -0.248 e. The van der Waals surface area contributed by atoms with Gasteiger partial charge in [-0.25, -0.2) is 15.0 Å². The predicted octanol–water partition coefficient (Wildman–Crippen LogP) is 18.3. The van der Waals surface area contributed by atoms with Crippen LogP contribution in [-0.2, 0) is 0 Å². The van der Waals surface area contributed by atoms with Crippen LogP contribution in [0.15, 0.2) is 265 Å². The number of hydrogen-bond acceptors (Lipinski definition) is 3. The molecule has 1 fully saturated rings. The number of benzene rings is 9. The maximum absolute atomic E-state index is 5.19. The molecule has 336 valence electrons. The highest BCUT2D eigenvalue weighted by Crippen LogP contribution is 2.48. The fraction of sp³-hybridized carbons (Fsp3) is 0.0952. The molecule has 10 rings (SSSR count). The van der Waals surface area contributed by atoms with Gasteiger partial charge < -0.3 is 0 Å². The first kappa shape index (κ1) is 46.2. The summed E-state index contributed by atoms with van der Waals surface area (Å²) in [7, 11) is 0. The summed E-state index contributed by atoms with van der Waals surface area (Å²) >= 11 is 10.9. The second-order valence-corrected chi connectivity index (χ2v) is 20.3. The van der Waals surface area contributed by atoms with E-state index in [4.69, 9.17) is 15.0 Å². The number of nitrogens with zero attached hydrogens (tertiary/aromatic N) is 3. The van der Waals surface area contributed by atoms with Crippen LogP contribution in [0.1, 0.15) is 87.1 Å². The molecule has 0 spiro atoms. The fourth-order valence-corrected chi connectivity index (χ4v) is 10.3. The van der Waals surface area contributed by atoms with Gasteiger partial charge in [-0.15, -0.1) is 0 Å². The molecule has 1 aliphatic carbocycles. The zero-order valence-electron chi connectivity index (χ0n) is 37.8. The van der Waals surface area contributed by atoms with Crippen molar-refractivity contribution in [3.63, 3.8) is 0 Å². The van der Waals surface area contributed by atoms with Crippen LogP contribution in [0.25, 0.3) is 0 Å². The van der Waals surface area contributed by atoms with E-state index < -0.39 is 0 Å². The Kier molecular flexibility index (Phi) is 14.6. The number of para-hydroxylation sites is 3. The van der Waals surface area contributed by atoms with Crippen molar-refractivity contribution < 1.29 is 0 Å². The Balaban J connectivity index is 0.996. The van der Waals surface area contributed by atoms with Gasteiger partial charge in [-0.3, -0.25) is 0 Å². The normalized spacial score (nSPS) is 16.6. The van der Waals surface area contributed by atoms with Crippen LogP contribution in [0.5, 0.6) is 0 Å². The minimum atomic E-state index is 0.347. The van der Waals surface area contributed by atoms with E-state index in [1.165, 1.54) is 16.7 Å². The second-order valence-electron chi connectivity index (χ2n) is 17.6. The lowest BCUT2D eigenvalue weighted by atomic mass is 9.68. The zero-order chi connectivity index (χ0) is 46.9. The molecule has 6 heteroatoms. The van der Waals surface area contributed by atoms with Crippen LogP contribution in [0.4, 0.5) is 17.1 Å². The summed E-state index contributed by atoms with van der Waals surface area (Å²) in [6, 6.07) is 83.7. The molecule has 0 radical (unpaired) electrons. The number of halogens is 3. The van der Waals surface area contributed by atoms with Crippen molar-refractivity contribution in [2.75, 3.05) is 0 Å². The van der Waals surface area contributed by atoms with Crippen molar-refractivity contribution >= 4 is 82.0 Å². The van der Waals surface area contributed by atoms with Gasteiger partial charge in [0.15, 0.2) is 0 Å². The Bertz CT molecular complexity index is 2850. The van der Waals surface area contributed by atoms with E-state index in [0.29, 0.717) is 17.8 Å². The van der Waals surface area contributed by atoms with Crippen molar-refractivity contribution in [2.45, 2.75) is 37.0 Å². The lowest BCUT2D eigenvalue weighted by Crippen LogP contribution is -2.20. The quantitative estimate of drug-likeness (QED) is 0.109. The van der Waals surface area contributed by atoms with Gasteiger partial charge in [0.2, 0.25) is 0 Å². The zero-order valence-corrected chi connectivity index (χ0v) is 42.6. The summed E-state index contributed by atoms with van der Waals surface area (Å²) in [4.78, 5) is 15.6. The molecular formula is C63H48Br3N3. The van der Waals surface area contributed by atoms with Gasteiger partial charge in [-0.2, -0.15) is 0 Å². The van der Waals surface area contributed by atoms with Crippen LogP contribution in [-0.4, -0.2) is 17.1 Å². The molecule has 2 atom stereocenters. The molecule has 9 aromatic rings. The maximum Gasteiger partial charge on any atom is 0.0781 e. The Morgan fingerprint density at radius 1 is 0.261 bits per heavy atom. The molecule has 0 aliphatic heterocycles. The Hall–Kier alpha value is -6.57. The maximum atomic E-state index is 5.19.